The van der Waals surface area contributed by atoms with Crippen molar-refractivity contribution in [3.63, 3.8) is 0 Å². The molecule has 0 spiro atoms. The molecule has 1 saturated carbocycles. The second-order valence-corrected chi connectivity index (χ2v) is 10.9. The van der Waals surface area contributed by atoms with Gasteiger partial charge in [0, 0.05) is 27.2 Å². The van der Waals surface area contributed by atoms with Gasteiger partial charge < -0.3 is 4.98 Å². The Kier molecular flexibility index (Phi) is 4.34. The molecule has 2 atom stereocenters. The van der Waals surface area contributed by atoms with Crippen LogP contribution >= 0.6 is 0 Å². The molecule has 1 nitrogen and oxygen atoms in total. The summed E-state index contributed by atoms with van der Waals surface area (Å²) in [5.74, 6) is 1.16. The third-order valence-corrected chi connectivity index (χ3v) is 8.76. The fourth-order valence-electron chi connectivity index (χ4n) is 6.98. The number of fused-ring (bicyclic) bond motifs is 6. The molecule has 1 aromatic heterocycles. The minimum Gasteiger partial charge on any atom is -0.355 e. The molecule has 0 saturated heterocycles. The Balaban J connectivity index is 1.31. The molecule has 1 fully saturated rings. The van der Waals surface area contributed by atoms with Crippen molar-refractivity contribution in [1.29, 1.82) is 0 Å². The van der Waals surface area contributed by atoms with Gasteiger partial charge in [0.05, 0.1) is 0 Å². The summed E-state index contributed by atoms with van der Waals surface area (Å²) in [6.07, 6.45) is 5.21. The van der Waals surface area contributed by atoms with Crippen molar-refractivity contribution in [2.45, 2.75) is 56.8 Å². The topological polar surface area (TPSA) is 15.8 Å². The average Bonchev–Trinajstić information content (AvgIpc) is 3.36. The maximum Gasteiger partial charge on any atom is 0.0467 e. The van der Waals surface area contributed by atoms with Gasteiger partial charge in [0.15, 0.2) is 0 Å². The predicted molar refractivity (Wildman–Crippen MR) is 144 cm³/mol. The van der Waals surface area contributed by atoms with Crippen molar-refractivity contribution in [3.8, 4) is 11.1 Å². The van der Waals surface area contributed by atoms with Crippen LogP contribution in [0.5, 0.6) is 0 Å². The highest BCUT2D eigenvalue weighted by Gasteiger charge is 2.36. The Morgan fingerprint density at radius 1 is 0.618 bits per heavy atom. The van der Waals surface area contributed by atoms with Crippen LogP contribution in [0.15, 0.2) is 84.9 Å². The normalized spacial score (nSPS) is 21.0. The Hall–Kier alpha value is -3.32. The number of nitrogens with one attached hydrogen (secondary N) is 1. The predicted octanol–water partition coefficient (Wildman–Crippen LogP) is 9.07. The van der Waals surface area contributed by atoms with Crippen molar-refractivity contribution < 1.29 is 0 Å². The van der Waals surface area contributed by atoms with Crippen LogP contribution in [0, 0.1) is 0 Å². The van der Waals surface area contributed by atoms with E-state index in [9.17, 15) is 0 Å². The summed E-state index contributed by atoms with van der Waals surface area (Å²) in [5.41, 5.74) is 11.4. The van der Waals surface area contributed by atoms with Gasteiger partial charge in [-0.2, -0.15) is 0 Å². The molecule has 2 unspecified atom stereocenters. The van der Waals surface area contributed by atoms with E-state index in [1.165, 1.54) is 80.9 Å². The van der Waals surface area contributed by atoms with Crippen LogP contribution in [0.4, 0.5) is 0 Å². The lowest BCUT2D eigenvalue weighted by Gasteiger charge is -2.33. The highest BCUT2D eigenvalue weighted by atomic mass is 14.7. The number of aromatic amines is 1. The van der Waals surface area contributed by atoms with Crippen LogP contribution in [-0.2, 0) is 5.41 Å². The van der Waals surface area contributed by atoms with Gasteiger partial charge in [-0.3, -0.25) is 0 Å². The van der Waals surface area contributed by atoms with E-state index >= 15 is 0 Å². The van der Waals surface area contributed by atoms with E-state index in [-0.39, 0.29) is 5.41 Å². The van der Waals surface area contributed by atoms with Crippen LogP contribution < -0.4 is 0 Å². The van der Waals surface area contributed by atoms with Crippen LogP contribution in [0.25, 0.3) is 32.9 Å². The number of aromatic nitrogens is 1. The summed E-state index contributed by atoms with van der Waals surface area (Å²) in [6.45, 7) is 4.78. The lowest BCUT2D eigenvalue weighted by molar-refractivity contribution is 0.386. The minimum atomic E-state index is 0.0648. The Labute approximate surface area is 201 Å². The summed E-state index contributed by atoms with van der Waals surface area (Å²) in [5, 5.41) is 2.66. The number of para-hydroxylation sites is 1. The van der Waals surface area contributed by atoms with Gasteiger partial charge in [-0.05, 0) is 70.2 Å². The molecule has 34 heavy (non-hydrogen) atoms. The van der Waals surface area contributed by atoms with Crippen molar-refractivity contribution in [1.82, 2.24) is 4.98 Å². The summed E-state index contributed by atoms with van der Waals surface area (Å²) >= 11 is 0. The summed E-state index contributed by atoms with van der Waals surface area (Å²) in [4.78, 5) is 3.67. The molecule has 7 rings (SSSR count). The lowest BCUT2D eigenvalue weighted by atomic mass is 9.71. The standard InChI is InChI=1S/C33H31N/c1-33(2)29-13-7-5-11-25(29)26-17-15-21(19-30(26)33)23-9-3-4-10-24(23)22-16-18-28-27-12-6-8-14-31(27)34-32(28)20-22/h5-8,11-20,23-24,34H,3-4,9-10H2,1-2H3. The van der Waals surface area contributed by atoms with Crippen LogP contribution in [0.3, 0.4) is 0 Å². The van der Waals surface area contributed by atoms with E-state index in [0.717, 1.165) is 0 Å². The Morgan fingerprint density at radius 3 is 2.12 bits per heavy atom. The van der Waals surface area contributed by atoms with Crippen molar-refractivity contribution in [3.05, 3.63) is 107 Å². The third kappa shape index (κ3) is 2.86. The molecule has 0 bridgehead atoms. The molecule has 1 heterocycles. The molecule has 0 aliphatic heterocycles. The molecule has 5 aromatic rings. The quantitative estimate of drug-likeness (QED) is 0.281. The van der Waals surface area contributed by atoms with Gasteiger partial charge in [-0.1, -0.05) is 99.5 Å². The monoisotopic (exact) mass is 441 g/mol. The van der Waals surface area contributed by atoms with Crippen LogP contribution in [0.1, 0.15) is 73.6 Å². The molecule has 1 N–H and O–H groups in total. The van der Waals surface area contributed by atoms with Gasteiger partial charge in [-0.25, -0.2) is 0 Å². The number of H-pyrrole nitrogens is 1. The van der Waals surface area contributed by atoms with Gasteiger partial charge in [0.2, 0.25) is 0 Å². The number of rotatable bonds is 2. The van der Waals surface area contributed by atoms with E-state index in [1.54, 1.807) is 0 Å². The zero-order valence-electron chi connectivity index (χ0n) is 20.1. The highest BCUT2D eigenvalue weighted by Crippen LogP contribution is 2.51. The zero-order chi connectivity index (χ0) is 22.9. The molecule has 1 heteroatoms. The van der Waals surface area contributed by atoms with Crippen molar-refractivity contribution in [2.75, 3.05) is 0 Å². The molecule has 4 aromatic carbocycles. The van der Waals surface area contributed by atoms with Gasteiger partial charge >= 0.3 is 0 Å². The van der Waals surface area contributed by atoms with Crippen molar-refractivity contribution in [2.24, 2.45) is 0 Å². The van der Waals surface area contributed by atoms with E-state index < -0.39 is 0 Å². The van der Waals surface area contributed by atoms with Crippen molar-refractivity contribution >= 4 is 21.8 Å². The van der Waals surface area contributed by atoms with Gasteiger partial charge in [0.1, 0.15) is 0 Å². The molecular weight excluding hydrogens is 410 g/mol. The number of hydrogen-bond acceptors (Lipinski definition) is 0. The molecular formula is C33H31N. The Morgan fingerprint density at radius 2 is 1.26 bits per heavy atom. The maximum absolute atomic E-state index is 3.67. The molecule has 168 valence electrons. The number of hydrogen-bond donors (Lipinski definition) is 1. The van der Waals surface area contributed by atoms with E-state index in [2.05, 4.69) is 104 Å². The summed E-state index contributed by atoms with van der Waals surface area (Å²) in [6, 6.07) is 32.2. The van der Waals surface area contributed by atoms with Gasteiger partial charge in [-0.15, -0.1) is 0 Å². The number of benzene rings is 4. The first-order chi connectivity index (χ1) is 16.6. The average molecular weight is 442 g/mol. The molecule has 0 radical (unpaired) electrons. The van der Waals surface area contributed by atoms with Gasteiger partial charge in [0.25, 0.3) is 0 Å². The zero-order valence-corrected chi connectivity index (χ0v) is 20.1. The Bertz CT molecular complexity index is 1550. The van der Waals surface area contributed by atoms with E-state index in [0.29, 0.717) is 11.8 Å². The van der Waals surface area contributed by atoms with Crippen LogP contribution in [-0.4, -0.2) is 4.98 Å². The first-order valence-corrected chi connectivity index (χ1v) is 12.9. The first-order valence-electron chi connectivity index (χ1n) is 12.9. The molecule has 0 amide bonds. The second kappa shape index (κ2) is 7.34. The summed E-state index contributed by atoms with van der Waals surface area (Å²) in [7, 11) is 0. The SMILES string of the molecule is CC1(C)c2ccccc2-c2ccc(C3CCCCC3c3ccc4c(c3)[nH]c3ccccc34)cc21. The minimum absolute atomic E-state index is 0.0648. The first kappa shape index (κ1) is 20.1. The largest absolute Gasteiger partial charge is 0.355 e. The molecule has 2 aliphatic carbocycles. The fraction of sp³-hybridized carbons (Fsp3) is 0.273. The second-order valence-electron chi connectivity index (χ2n) is 10.9. The van der Waals surface area contributed by atoms with E-state index in [4.69, 9.17) is 0 Å². The lowest BCUT2D eigenvalue weighted by Crippen LogP contribution is -2.18. The fourth-order valence-corrected chi connectivity index (χ4v) is 6.98. The van der Waals surface area contributed by atoms with E-state index in [1.807, 2.05) is 0 Å². The smallest absolute Gasteiger partial charge is 0.0467 e. The highest BCUT2D eigenvalue weighted by molar-refractivity contribution is 6.07. The third-order valence-electron chi connectivity index (χ3n) is 8.76. The summed E-state index contributed by atoms with van der Waals surface area (Å²) < 4.78 is 0. The van der Waals surface area contributed by atoms with Crippen LogP contribution in [0.2, 0.25) is 0 Å². The maximum atomic E-state index is 3.67. The molecule has 2 aliphatic rings.